The molecule has 0 spiro atoms. The fourth-order valence-corrected chi connectivity index (χ4v) is 3.55. The number of H-pyrrole nitrogens is 1. The molecular weight excluding hydrogens is 384 g/mol. The third-order valence-electron chi connectivity index (χ3n) is 4.02. The Hall–Kier alpha value is -3.79. The number of nitro groups is 1. The number of non-ortho nitro benzene ring substituents is 1. The van der Waals surface area contributed by atoms with E-state index < -0.39 is 21.9 Å². The van der Waals surface area contributed by atoms with Gasteiger partial charge in [-0.1, -0.05) is 12.1 Å². The first-order valence-corrected chi connectivity index (χ1v) is 8.77. The number of hydrogen-bond acceptors (Lipinski definition) is 6. The van der Waals surface area contributed by atoms with Crippen LogP contribution in [-0.2, 0) is 4.79 Å². The van der Waals surface area contributed by atoms with Gasteiger partial charge in [-0.15, -0.1) is 0 Å². The van der Waals surface area contributed by atoms with E-state index in [0.29, 0.717) is 5.56 Å². The topological polar surface area (TPSA) is 127 Å². The van der Waals surface area contributed by atoms with E-state index in [2.05, 4.69) is 10.1 Å². The SMILES string of the molecule is O=C1N=C(n2[nH]c(=O)c3ccccc3c2=O)S/C1=C/c1ccc([N+](=O)[O-])cc1. The van der Waals surface area contributed by atoms with Gasteiger partial charge in [-0.25, -0.2) is 0 Å². The van der Waals surface area contributed by atoms with Crippen LogP contribution in [-0.4, -0.2) is 25.8 Å². The fraction of sp³-hybridized carbons (Fsp3) is 0. The molecule has 28 heavy (non-hydrogen) atoms. The van der Waals surface area contributed by atoms with E-state index in [0.717, 1.165) is 16.4 Å². The van der Waals surface area contributed by atoms with Crippen LogP contribution in [0.1, 0.15) is 5.56 Å². The van der Waals surface area contributed by atoms with Crippen LogP contribution in [0, 0.1) is 10.1 Å². The molecule has 3 aromatic rings. The van der Waals surface area contributed by atoms with E-state index in [9.17, 15) is 24.5 Å². The van der Waals surface area contributed by atoms with Gasteiger partial charge in [0.05, 0.1) is 20.6 Å². The average molecular weight is 394 g/mol. The summed E-state index contributed by atoms with van der Waals surface area (Å²) >= 11 is 0.929. The van der Waals surface area contributed by atoms with Crippen molar-refractivity contribution in [1.82, 2.24) is 9.78 Å². The molecule has 0 atom stereocenters. The van der Waals surface area contributed by atoms with Gasteiger partial charge in [0.15, 0.2) is 5.17 Å². The zero-order valence-corrected chi connectivity index (χ0v) is 14.8. The van der Waals surface area contributed by atoms with Crippen molar-refractivity contribution in [3.63, 3.8) is 0 Å². The molecule has 138 valence electrons. The zero-order chi connectivity index (χ0) is 19.8. The number of carbonyl (C=O) groups is 1. The second-order valence-corrected chi connectivity index (χ2v) is 6.79. The molecule has 1 N–H and O–H groups in total. The third kappa shape index (κ3) is 3.05. The number of nitrogens with one attached hydrogen (secondary N) is 1. The zero-order valence-electron chi connectivity index (χ0n) is 14.0. The smallest absolute Gasteiger partial charge is 0.267 e. The van der Waals surface area contributed by atoms with Gasteiger partial charge in [0.2, 0.25) is 0 Å². The van der Waals surface area contributed by atoms with Gasteiger partial charge in [-0.2, -0.15) is 9.67 Å². The number of amides is 1. The minimum atomic E-state index is -0.570. The lowest BCUT2D eigenvalue weighted by Crippen LogP contribution is -2.33. The Balaban J connectivity index is 1.70. The molecule has 2 aromatic carbocycles. The summed E-state index contributed by atoms with van der Waals surface area (Å²) in [5.41, 5.74) is -0.466. The molecule has 0 unspecified atom stereocenters. The van der Waals surface area contributed by atoms with Gasteiger partial charge in [-0.3, -0.25) is 29.6 Å². The molecule has 0 aliphatic carbocycles. The number of aliphatic imine (C=N–C) groups is 1. The maximum absolute atomic E-state index is 12.6. The van der Waals surface area contributed by atoms with Crippen molar-refractivity contribution in [2.75, 3.05) is 0 Å². The van der Waals surface area contributed by atoms with E-state index in [1.54, 1.807) is 12.1 Å². The van der Waals surface area contributed by atoms with Crippen LogP contribution in [0.2, 0.25) is 0 Å². The van der Waals surface area contributed by atoms with Crippen molar-refractivity contribution in [2.24, 2.45) is 4.99 Å². The fourth-order valence-electron chi connectivity index (χ4n) is 2.67. The molecule has 1 amide bonds. The predicted octanol–water partition coefficient (Wildman–Crippen LogP) is 2.12. The molecule has 0 saturated heterocycles. The lowest BCUT2D eigenvalue weighted by molar-refractivity contribution is -0.384. The minimum Gasteiger partial charge on any atom is -0.267 e. The van der Waals surface area contributed by atoms with Crippen LogP contribution in [0.4, 0.5) is 5.69 Å². The molecule has 0 radical (unpaired) electrons. The molecule has 4 rings (SSSR count). The van der Waals surface area contributed by atoms with Gasteiger partial charge in [0.25, 0.3) is 22.7 Å². The first-order valence-electron chi connectivity index (χ1n) is 7.95. The lowest BCUT2D eigenvalue weighted by atomic mass is 10.2. The van der Waals surface area contributed by atoms with Crippen molar-refractivity contribution in [1.29, 1.82) is 0 Å². The number of hydrogen-bond donors (Lipinski definition) is 1. The summed E-state index contributed by atoms with van der Waals surface area (Å²) in [5, 5.41) is 13.6. The predicted molar refractivity (Wildman–Crippen MR) is 105 cm³/mol. The van der Waals surface area contributed by atoms with E-state index in [1.807, 2.05) is 0 Å². The van der Waals surface area contributed by atoms with E-state index in [-0.39, 0.29) is 26.5 Å². The van der Waals surface area contributed by atoms with Crippen molar-refractivity contribution >= 4 is 45.4 Å². The van der Waals surface area contributed by atoms with Crippen LogP contribution >= 0.6 is 11.8 Å². The Morgan fingerprint density at radius 2 is 1.71 bits per heavy atom. The summed E-state index contributed by atoms with van der Waals surface area (Å²) in [6.07, 6.45) is 1.51. The number of carbonyl (C=O) groups excluding carboxylic acids is 1. The second-order valence-electron chi connectivity index (χ2n) is 5.79. The van der Waals surface area contributed by atoms with Gasteiger partial charge >= 0.3 is 0 Å². The minimum absolute atomic E-state index is 0.0333. The summed E-state index contributed by atoms with van der Waals surface area (Å²) in [5.74, 6) is -0.570. The Morgan fingerprint density at radius 3 is 2.39 bits per heavy atom. The van der Waals surface area contributed by atoms with Crippen LogP contribution in [0.15, 0.2) is 68.0 Å². The largest absolute Gasteiger partial charge is 0.286 e. The Bertz CT molecular complexity index is 1320. The maximum Gasteiger partial charge on any atom is 0.286 e. The highest BCUT2D eigenvalue weighted by atomic mass is 32.2. The number of thioether (sulfide) groups is 1. The first kappa shape index (κ1) is 17.6. The Morgan fingerprint density at radius 1 is 1.04 bits per heavy atom. The van der Waals surface area contributed by atoms with Crippen molar-refractivity contribution in [3.05, 3.63) is 89.8 Å². The average Bonchev–Trinajstić information content (AvgIpc) is 3.05. The molecule has 0 fully saturated rings. The van der Waals surface area contributed by atoms with Gasteiger partial charge in [-0.05, 0) is 47.7 Å². The summed E-state index contributed by atoms with van der Waals surface area (Å²) < 4.78 is 0.948. The van der Waals surface area contributed by atoms with Crippen LogP contribution in [0.5, 0.6) is 0 Å². The monoisotopic (exact) mass is 394 g/mol. The number of benzene rings is 2. The first-order chi connectivity index (χ1) is 13.4. The highest BCUT2D eigenvalue weighted by molar-refractivity contribution is 8.18. The molecule has 10 heteroatoms. The summed E-state index contributed by atoms with van der Waals surface area (Å²) in [6.45, 7) is 0. The van der Waals surface area contributed by atoms with Crippen LogP contribution < -0.4 is 11.1 Å². The van der Waals surface area contributed by atoms with Crippen LogP contribution in [0.3, 0.4) is 0 Å². The number of aromatic amines is 1. The van der Waals surface area contributed by atoms with Crippen molar-refractivity contribution < 1.29 is 9.72 Å². The number of rotatable bonds is 2. The summed E-state index contributed by atoms with van der Waals surface area (Å²) in [6, 6.07) is 12.0. The number of nitrogens with zero attached hydrogens (tertiary/aromatic N) is 3. The van der Waals surface area contributed by atoms with E-state index >= 15 is 0 Å². The Kier molecular flexibility index (Phi) is 4.24. The quantitative estimate of drug-likeness (QED) is 0.403. The molecular formula is C18H10N4O5S. The van der Waals surface area contributed by atoms with Crippen molar-refractivity contribution in [3.8, 4) is 0 Å². The molecule has 1 aliphatic heterocycles. The van der Waals surface area contributed by atoms with E-state index in [1.165, 1.54) is 42.5 Å². The molecule has 9 nitrogen and oxygen atoms in total. The molecule has 2 heterocycles. The van der Waals surface area contributed by atoms with Gasteiger partial charge in [0.1, 0.15) is 0 Å². The Labute approximate surface area is 160 Å². The van der Waals surface area contributed by atoms with E-state index in [4.69, 9.17) is 0 Å². The van der Waals surface area contributed by atoms with Gasteiger partial charge in [0, 0.05) is 12.1 Å². The van der Waals surface area contributed by atoms with Gasteiger partial charge < -0.3 is 0 Å². The summed E-state index contributed by atoms with van der Waals surface area (Å²) in [7, 11) is 0. The molecule has 1 aromatic heterocycles. The summed E-state index contributed by atoms with van der Waals surface area (Å²) in [4.78, 5) is 51.3. The van der Waals surface area contributed by atoms with Crippen molar-refractivity contribution in [2.45, 2.75) is 0 Å². The highest BCUT2D eigenvalue weighted by Crippen LogP contribution is 2.29. The molecule has 0 saturated carbocycles. The van der Waals surface area contributed by atoms with Crippen LogP contribution in [0.25, 0.3) is 16.8 Å². The number of aromatic nitrogens is 2. The maximum atomic E-state index is 12.6. The highest BCUT2D eigenvalue weighted by Gasteiger charge is 2.25. The number of nitro benzene ring substituents is 1. The number of fused-ring (bicyclic) bond motifs is 1. The second kappa shape index (κ2) is 6.74. The lowest BCUT2D eigenvalue weighted by Gasteiger charge is -2.05. The standard InChI is InChI=1S/C18H10N4O5S/c23-15-12-3-1-2-4-13(12)17(25)21(20-15)18-19-16(24)14(28-18)9-10-5-7-11(8-6-10)22(26)27/h1-9H,(H,20,23)/b14-9+. The normalized spacial score (nSPS) is 15.2. The molecule has 1 aliphatic rings. The molecule has 0 bridgehead atoms. The third-order valence-corrected chi connectivity index (χ3v) is 4.99.